The zero-order valence-electron chi connectivity index (χ0n) is 8.52. The van der Waals surface area contributed by atoms with Crippen LogP contribution >= 0.6 is 0 Å². The van der Waals surface area contributed by atoms with Gasteiger partial charge in [0.25, 0.3) is 0 Å². The van der Waals surface area contributed by atoms with Gasteiger partial charge in [-0.15, -0.1) is 0 Å². The van der Waals surface area contributed by atoms with Crippen LogP contribution in [0.25, 0.3) is 0 Å². The molecule has 5 heteroatoms. The van der Waals surface area contributed by atoms with Gasteiger partial charge in [-0.2, -0.15) is 0 Å². The molecule has 0 aromatic carbocycles. The molecule has 0 saturated heterocycles. The van der Waals surface area contributed by atoms with Crippen molar-refractivity contribution in [2.75, 3.05) is 12.4 Å². The number of carbonyl (C=O) groups is 1. The van der Waals surface area contributed by atoms with Gasteiger partial charge in [-0.25, -0.2) is 8.42 Å². The Morgan fingerprint density at radius 3 is 2.57 bits per heavy atom. The zero-order chi connectivity index (χ0) is 11.2. The van der Waals surface area contributed by atoms with Crippen LogP contribution in [0, 0.1) is 5.92 Å². The Bertz CT molecular complexity index is 292. The van der Waals surface area contributed by atoms with E-state index in [-0.39, 0.29) is 24.1 Å². The van der Waals surface area contributed by atoms with Gasteiger partial charge in [0.1, 0.15) is 0 Å². The fourth-order valence-electron chi connectivity index (χ4n) is 0.827. The van der Waals surface area contributed by atoms with E-state index in [9.17, 15) is 13.2 Å². The maximum atomic E-state index is 11.1. The molecule has 0 spiro atoms. The summed E-state index contributed by atoms with van der Waals surface area (Å²) in [6.07, 6.45) is 0.271. The Balaban J connectivity index is 4.03. The van der Waals surface area contributed by atoms with Crippen molar-refractivity contribution in [1.82, 2.24) is 0 Å². The van der Waals surface area contributed by atoms with Gasteiger partial charge >= 0.3 is 5.97 Å². The second-order valence-electron chi connectivity index (χ2n) is 2.98. The van der Waals surface area contributed by atoms with E-state index in [0.717, 1.165) is 5.41 Å². The van der Waals surface area contributed by atoms with E-state index in [0.29, 0.717) is 6.61 Å². The largest absolute Gasteiger partial charge is 0.466 e. The maximum absolute atomic E-state index is 11.1. The average Bonchev–Trinajstić information content (AvgIpc) is 2.15. The molecule has 4 nitrogen and oxygen atoms in total. The Kier molecular flexibility index (Phi) is 5.45. The van der Waals surface area contributed by atoms with Gasteiger partial charge < -0.3 is 4.74 Å². The topological polar surface area (TPSA) is 60.4 Å². The van der Waals surface area contributed by atoms with Crippen LogP contribution in [0.1, 0.15) is 20.3 Å². The van der Waals surface area contributed by atoms with E-state index in [1.54, 1.807) is 13.8 Å². The summed E-state index contributed by atoms with van der Waals surface area (Å²) in [6.45, 7) is 6.87. The van der Waals surface area contributed by atoms with Gasteiger partial charge in [-0.05, 0) is 13.3 Å². The standard InChI is InChI=1S/C9H16O4S/c1-4-13-9(10)8(3)6-7-14(11,12)5-2/h5,8H,2,4,6-7H2,1,3H3. The number of hydrogen-bond acceptors (Lipinski definition) is 4. The number of esters is 1. The van der Waals surface area contributed by atoms with E-state index in [1.165, 1.54) is 0 Å². The van der Waals surface area contributed by atoms with Crippen molar-refractivity contribution in [2.24, 2.45) is 5.92 Å². The molecule has 0 aliphatic rings. The molecule has 0 aliphatic carbocycles. The quantitative estimate of drug-likeness (QED) is 0.630. The Labute approximate surface area is 84.9 Å². The molecule has 0 fully saturated rings. The molecule has 0 heterocycles. The number of ether oxygens (including phenoxy) is 1. The van der Waals surface area contributed by atoms with Gasteiger partial charge in [0, 0.05) is 5.41 Å². The van der Waals surface area contributed by atoms with E-state index in [4.69, 9.17) is 4.74 Å². The normalized spacial score (nSPS) is 13.3. The predicted molar refractivity (Wildman–Crippen MR) is 54.4 cm³/mol. The van der Waals surface area contributed by atoms with Crippen LogP contribution in [-0.4, -0.2) is 26.7 Å². The van der Waals surface area contributed by atoms with E-state index in [2.05, 4.69) is 6.58 Å². The fourth-order valence-corrected chi connectivity index (χ4v) is 1.68. The summed E-state index contributed by atoms with van der Waals surface area (Å²) in [4.78, 5) is 11.1. The lowest BCUT2D eigenvalue weighted by atomic mass is 10.1. The number of rotatable bonds is 6. The van der Waals surface area contributed by atoms with Gasteiger partial charge in [0.15, 0.2) is 9.84 Å². The summed E-state index contributed by atoms with van der Waals surface area (Å²) in [5.41, 5.74) is 0. The highest BCUT2D eigenvalue weighted by Crippen LogP contribution is 2.07. The fraction of sp³-hybridized carbons (Fsp3) is 0.667. The Hall–Kier alpha value is -0.840. The predicted octanol–water partition coefficient (Wildman–Crippen LogP) is 1.13. The minimum atomic E-state index is -3.21. The van der Waals surface area contributed by atoms with Crippen LogP contribution in [0.5, 0.6) is 0 Å². The number of sulfone groups is 1. The lowest BCUT2D eigenvalue weighted by molar-refractivity contribution is -0.147. The highest BCUT2D eigenvalue weighted by Gasteiger charge is 2.16. The summed E-state index contributed by atoms with van der Waals surface area (Å²) in [5.74, 6) is -0.798. The first-order valence-electron chi connectivity index (χ1n) is 4.44. The van der Waals surface area contributed by atoms with Gasteiger partial charge in [-0.3, -0.25) is 4.79 Å². The first-order chi connectivity index (χ1) is 6.43. The number of hydrogen-bond donors (Lipinski definition) is 0. The van der Waals surface area contributed by atoms with Crippen molar-refractivity contribution in [3.05, 3.63) is 12.0 Å². The molecule has 0 amide bonds. The first-order valence-corrected chi connectivity index (χ1v) is 6.16. The maximum Gasteiger partial charge on any atom is 0.308 e. The molecule has 0 aromatic heterocycles. The molecule has 0 aromatic rings. The molecule has 0 saturated carbocycles. The van der Waals surface area contributed by atoms with Gasteiger partial charge in [0.2, 0.25) is 0 Å². The molecule has 82 valence electrons. The summed E-state index contributed by atoms with van der Waals surface area (Å²) < 4.78 is 26.8. The van der Waals surface area contributed by atoms with Crippen LogP contribution in [0.4, 0.5) is 0 Å². The summed E-state index contributed by atoms with van der Waals surface area (Å²) in [7, 11) is -3.21. The van der Waals surface area contributed by atoms with Crippen LogP contribution in [0.3, 0.4) is 0 Å². The molecule has 1 unspecified atom stereocenters. The molecule has 1 atom stereocenters. The molecule has 0 aliphatic heterocycles. The van der Waals surface area contributed by atoms with Crippen molar-refractivity contribution < 1.29 is 17.9 Å². The third-order valence-corrected chi connectivity index (χ3v) is 3.09. The molecule has 0 radical (unpaired) electrons. The third-order valence-electron chi connectivity index (χ3n) is 1.78. The third kappa shape index (κ3) is 5.01. The average molecular weight is 220 g/mol. The lowest BCUT2D eigenvalue weighted by Crippen LogP contribution is -2.17. The molecule has 0 N–H and O–H groups in total. The van der Waals surface area contributed by atoms with Crippen molar-refractivity contribution in [2.45, 2.75) is 20.3 Å². The van der Waals surface area contributed by atoms with E-state index >= 15 is 0 Å². The minimum Gasteiger partial charge on any atom is -0.466 e. The van der Waals surface area contributed by atoms with E-state index < -0.39 is 9.84 Å². The van der Waals surface area contributed by atoms with Crippen molar-refractivity contribution in [1.29, 1.82) is 0 Å². The molecule has 14 heavy (non-hydrogen) atoms. The van der Waals surface area contributed by atoms with Crippen molar-refractivity contribution in [3.63, 3.8) is 0 Å². The number of carbonyl (C=O) groups excluding carboxylic acids is 1. The van der Waals surface area contributed by atoms with Crippen LogP contribution in [0.15, 0.2) is 12.0 Å². The zero-order valence-corrected chi connectivity index (χ0v) is 9.34. The second-order valence-corrected chi connectivity index (χ2v) is 5.04. The summed E-state index contributed by atoms with van der Waals surface area (Å²) >= 11 is 0. The Morgan fingerprint density at radius 2 is 2.14 bits per heavy atom. The Morgan fingerprint density at radius 1 is 1.57 bits per heavy atom. The smallest absolute Gasteiger partial charge is 0.308 e. The second kappa shape index (κ2) is 5.80. The van der Waals surface area contributed by atoms with Crippen molar-refractivity contribution in [3.8, 4) is 0 Å². The van der Waals surface area contributed by atoms with Gasteiger partial charge in [0.05, 0.1) is 18.3 Å². The van der Waals surface area contributed by atoms with E-state index in [1.807, 2.05) is 0 Å². The summed E-state index contributed by atoms with van der Waals surface area (Å²) in [6, 6.07) is 0. The molecule has 0 rings (SSSR count). The van der Waals surface area contributed by atoms with Crippen molar-refractivity contribution >= 4 is 15.8 Å². The first kappa shape index (κ1) is 13.2. The summed E-state index contributed by atoms with van der Waals surface area (Å²) in [5, 5.41) is 0.908. The van der Waals surface area contributed by atoms with Crippen LogP contribution in [0.2, 0.25) is 0 Å². The minimum absolute atomic E-state index is 0.0590. The molecular weight excluding hydrogens is 204 g/mol. The SMILES string of the molecule is C=CS(=O)(=O)CCC(C)C(=O)OCC. The lowest BCUT2D eigenvalue weighted by Gasteiger charge is -2.08. The monoisotopic (exact) mass is 220 g/mol. The highest BCUT2D eigenvalue weighted by molar-refractivity contribution is 7.94. The highest BCUT2D eigenvalue weighted by atomic mass is 32.2. The van der Waals surface area contributed by atoms with Crippen LogP contribution < -0.4 is 0 Å². The molecule has 0 bridgehead atoms. The van der Waals surface area contributed by atoms with Crippen LogP contribution in [-0.2, 0) is 19.4 Å². The van der Waals surface area contributed by atoms with Gasteiger partial charge in [-0.1, -0.05) is 13.5 Å². The molecular formula is C9H16O4S.